The van der Waals surface area contributed by atoms with E-state index in [1.807, 2.05) is 30.3 Å². The number of amides is 1. The first-order chi connectivity index (χ1) is 13.2. The number of carbonyl (C=O) groups is 1. The highest BCUT2D eigenvalue weighted by Crippen LogP contribution is 2.12. The second-order valence-electron chi connectivity index (χ2n) is 6.78. The molecule has 1 N–H and O–H groups in total. The van der Waals surface area contributed by atoms with Gasteiger partial charge in [-0.1, -0.05) is 30.3 Å². The highest BCUT2D eigenvalue weighted by Gasteiger charge is 2.20. The summed E-state index contributed by atoms with van der Waals surface area (Å²) < 4.78 is 1.63. The van der Waals surface area contributed by atoms with E-state index in [0.717, 1.165) is 31.5 Å². The summed E-state index contributed by atoms with van der Waals surface area (Å²) in [6, 6.07) is 11.6. The zero-order valence-corrected chi connectivity index (χ0v) is 15.2. The van der Waals surface area contributed by atoms with Crippen LogP contribution in [0, 0.1) is 0 Å². The molecule has 3 aromatic rings. The van der Waals surface area contributed by atoms with Gasteiger partial charge in [0.15, 0.2) is 6.67 Å². The minimum absolute atomic E-state index is 0.139. The van der Waals surface area contributed by atoms with Gasteiger partial charge in [-0.15, -0.1) is 15.0 Å². The van der Waals surface area contributed by atoms with Gasteiger partial charge in [0.1, 0.15) is 5.69 Å². The summed E-state index contributed by atoms with van der Waals surface area (Å²) in [5.74, 6) is 0.419. The number of carbonyl (C=O) groups excluding carboxylic acids is 1. The second-order valence-corrected chi connectivity index (χ2v) is 6.78. The van der Waals surface area contributed by atoms with E-state index < -0.39 is 0 Å². The van der Waals surface area contributed by atoms with Crippen LogP contribution in [0.25, 0.3) is 11.4 Å². The smallest absolute Gasteiger partial charge is 0.271 e. The van der Waals surface area contributed by atoms with Crippen molar-refractivity contribution < 1.29 is 4.79 Å². The Morgan fingerprint density at radius 1 is 1.15 bits per heavy atom. The Morgan fingerprint density at radius 2 is 1.93 bits per heavy atom. The molecule has 0 aliphatic carbocycles. The highest BCUT2D eigenvalue weighted by atomic mass is 16.2. The van der Waals surface area contributed by atoms with Crippen LogP contribution in [0.2, 0.25) is 0 Å². The Kier molecular flexibility index (Phi) is 4.93. The van der Waals surface area contributed by atoms with Gasteiger partial charge in [-0.3, -0.25) is 4.79 Å². The van der Waals surface area contributed by atoms with E-state index in [2.05, 4.69) is 37.8 Å². The topological polar surface area (TPSA) is 93.8 Å². The number of nitrogens with one attached hydrogen (secondary N) is 1. The fourth-order valence-electron chi connectivity index (χ4n) is 3.11. The third-order valence-electron chi connectivity index (χ3n) is 4.68. The van der Waals surface area contributed by atoms with E-state index in [0.29, 0.717) is 18.2 Å². The first-order valence-corrected chi connectivity index (χ1v) is 9.03. The van der Waals surface area contributed by atoms with Crippen molar-refractivity contribution in [1.82, 2.24) is 40.2 Å². The number of rotatable bonds is 5. The Balaban J connectivity index is 1.37. The number of nitrogens with zero attached hydrogens (tertiary/aromatic N) is 7. The van der Waals surface area contributed by atoms with E-state index in [-0.39, 0.29) is 11.9 Å². The molecule has 0 unspecified atom stereocenters. The number of hydrogen-bond acceptors (Lipinski definition) is 6. The average molecular weight is 366 g/mol. The lowest BCUT2D eigenvalue weighted by Gasteiger charge is -2.29. The van der Waals surface area contributed by atoms with E-state index in [1.54, 1.807) is 16.9 Å². The molecule has 9 heteroatoms. The molecule has 27 heavy (non-hydrogen) atoms. The van der Waals surface area contributed by atoms with E-state index in [9.17, 15) is 4.79 Å². The van der Waals surface area contributed by atoms with Crippen molar-refractivity contribution in [2.45, 2.75) is 25.6 Å². The largest absolute Gasteiger partial charge is 0.348 e. The molecule has 1 fully saturated rings. The zero-order chi connectivity index (χ0) is 18.6. The molecule has 140 valence electrons. The Bertz CT molecular complexity index is 895. The van der Waals surface area contributed by atoms with Gasteiger partial charge in [0, 0.05) is 17.8 Å². The maximum Gasteiger partial charge on any atom is 0.271 e. The first-order valence-electron chi connectivity index (χ1n) is 9.03. The van der Waals surface area contributed by atoms with Crippen LogP contribution in [0.15, 0.2) is 42.6 Å². The van der Waals surface area contributed by atoms with Gasteiger partial charge in [0.05, 0.1) is 0 Å². The number of piperidine rings is 1. The van der Waals surface area contributed by atoms with Crippen molar-refractivity contribution in [3.63, 3.8) is 0 Å². The van der Waals surface area contributed by atoms with Gasteiger partial charge < -0.3 is 10.2 Å². The third-order valence-corrected chi connectivity index (χ3v) is 4.68. The van der Waals surface area contributed by atoms with Crippen LogP contribution in [-0.4, -0.2) is 67.0 Å². The molecule has 0 radical (unpaired) electrons. The number of likely N-dealkylation sites (tertiary alicyclic amines) is 1. The van der Waals surface area contributed by atoms with Crippen molar-refractivity contribution in [2.24, 2.45) is 0 Å². The van der Waals surface area contributed by atoms with Gasteiger partial charge >= 0.3 is 0 Å². The Hall–Kier alpha value is -3.07. The number of aromatic nitrogens is 6. The molecular weight excluding hydrogens is 344 g/mol. The lowest BCUT2D eigenvalue weighted by atomic mass is 10.1. The molecular formula is C18H22N8O. The summed E-state index contributed by atoms with van der Waals surface area (Å²) in [4.78, 5) is 16.1. The molecule has 2 aromatic heterocycles. The molecule has 4 rings (SSSR count). The summed E-state index contributed by atoms with van der Waals surface area (Å²) in [6.07, 6.45) is 3.68. The Labute approximate surface area is 157 Å². The van der Waals surface area contributed by atoms with Crippen molar-refractivity contribution in [3.8, 4) is 11.4 Å². The van der Waals surface area contributed by atoms with Gasteiger partial charge in [-0.05, 0) is 44.3 Å². The minimum Gasteiger partial charge on any atom is -0.348 e. The molecule has 1 aliphatic rings. The minimum atomic E-state index is -0.139. The summed E-state index contributed by atoms with van der Waals surface area (Å²) in [5, 5.41) is 19.9. The SMILES string of the molecule is CN1CCC(NC(=O)c2ccn(Cn3nnc(-c4ccccc4)n3)n2)CC1. The quantitative estimate of drug-likeness (QED) is 0.720. The van der Waals surface area contributed by atoms with E-state index in [4.69, 9.17) is 0 Å². The molecule has 0 bridgehead atoms. The summed E-state index contributed by atoms with van der Waals surface area (Å²) in [7, 11) is 2.10. The molecule has 1 aliphatic heterocycles. The van der Waals surface area contributed by atoms with E-state index in [1.165, 1.54) is 4.80 Å². The van der Waals surface area contributed by atoms with Gasteiger partial charge in [-0.2, -0.15) is 5.10 Å². The van der Waals surface area contributed by atoms with Crippen LogP contribution < -0.4 is 5.32 Å². The predicted octanol–water partition coefficient (Wildman–Crippen LogP) is 0.866. The van der Waals surface area contributed by atoms with Crippen molar-refractivity contribution in [1.29, 1.82) is 0 Å². The standard InChI is InChI=1S/C18H22N8O/c1-24-10-7-15(8-11-24)19-18(27)16-9-12-25(21-16)13-26-22-17(20-23-26)14-5-3-2-4-6-14/h2-6,9,12,15H,7-8,10-11,13H2,1H3,(H,19,27). The molecule has 9 nitrogen and oxygen atoms in total. The maximum absolute atomic E-state index is 12.4. The fraction of sp³-hybridized carbons (Fsp3) is 0.389. The van der Waals surface area contributed by atoms with Crippen molar-refractivity contribution >= 4 is 5.91 Å². The number of benzene rings is 1. The predicted molar refractivity (Wildman–Crippen MR) is 98.9 cm³/mol. The molecule has 0 atom stereocenters. The fourth-order valence-corrected chi connectivity index (χ4v) is 3.11. The number of hydrogen-bond donors (Lipinski definition) is 1. The van der Waals surface area contributed by atoms with Gasteiger partial charge in [-0.25, -0.2) is 4.68 Å². The van der Waals surface area contributed by atoms with Gasteiger partial charge in [0.25, 0.3) is 5.91 Å². The summed E-state index contributed by atoms with van der Waals surface area (Å²) in [5.41, 5.74) is 1.31. The number of tetrazole rings is 1. The third kappa shape index (κ3) is 4.20. The molecule has 0 saturated carbocycles. The zero-order valence-electron chi connectivity index (χ0n) is 15.2. The first kappa shape index (κ1) is 17.3. The molecule has 1 aromatic carbocycles. The van der Waals surface area contributed by atoms with Crippen LogP contribution in [0.1, 0.15) is 23.3 Å². The monoisotopic (exact) mass is 366 g/mol. The summed E-state index contributed by atoms with van der Waals surface area (Å²) >= 11 is 0. The maximum atomic E-state index is 12.4. The Morgan fingerprint density at radius 3 is 2.70 bits per heavy atom. The van der Waals surface area contributed by atoms with Crippen LogP contribution in [0.4, 0.5) is 0 Å². The highest BCUT2D eigenvalue weighted by molar-refractivity contribution is 5.92. The lowest BCUT2D eigenvalue weighted by molar-refractivity contribution is 0.0910. The molecule has 0 spiro atoms. The van der Waals surface area contributed by atoms with Crippen LogP contribution in [0.5, 0.6) is 0 Å². The molecule has 1 saturated heterocycles. The summed E-state index contributed by atoms with van der Waals surface area (Å²) in [6.45, 7) is 2.30. The van der Waals surface area contributed by atoms with Crippen LogP contribution >= 0.6 is 0 Å². The molecule has 1 amide bonds. The van der Waals surface area contributed by atoms with E-state index >= 15 is 0 Å². The normalized spacial score (nSPS) is 15.7. The molecule has 3 heterocycles. The van der Waals surface area contributed by atoms with Gasteiger partial charge in [0.2, 0.25) is 5.82 Å². The van der Waals surface area contributed by atoms with Crippen LogP contribution in [0.3, 0.4) is 0 Å². The van der Waals surface area contributed by atoms with Crippen molar-refractivity contribution in [2.75, 3.05) is 20.1 Å². The lowest BCUT2D eigenvalue weighted by Crippen LogP contribution is -2.43. The second kappa shape index (κ2) is 7.67. The van der Waals surface area contributed by atoms with Crippen LogP contribution in [-0.2, 0) is 6.67 Å². The van der Waals surface area contributed by atoms with Crippen molar-refractivity contribution in [3.05, 3.63) is 48.3 Å². The average Bonchev–Trinajstić information content (AvgIpc) is 3.35.